The first-order valence-corrected chi connectivity index (χ1v) is 8.41. The third-order valence-electron chi connectivity index (χ3n) is 4.42. The molecule has 6 heteroatoms. The van der Waals surface area contributed by atoms with E-state index in [1.165, 1.54) is 12.8 Å². The smallest absolute Gasteiger partial charge is 0.276 e. The molecule has 0 spiro atoms. The van der Waals surface area contributed by atoms with Gasteiger partial charge < -0.3 is 5.32 Å². The van der Waals surface area contributed by atoms with E-state index in [-0.39, 0.29) is 23.1 Å². The van der Waals surface area contributed by atoms with Crippen LogP contribution in [0.2, 0.25) is 5.02 Å². The summed E-state index contributed by atoms with van der Waals surface area (Å²) in [6.07, 6.45) is 6.58. The maximum absolute atomic E-state index is 12.6. The van der Waals surface area contributed by atoms with Gasteiger partial charge in [-0.25, -0.2) is 0 Å². The van der Waals surface area contributed by atoms with Gasteiger partial charge in [-0.1, -0.05) is 37.3 Å². The number of nitrogens with zero attached hydrogens (tertiary/aromatic N) is 2. The van der Waals surface area contributed by atoms with Crippen molar-refractivity contribution in [2.75, 3.05) is 0 Å². The van der Waals surface area contributed by atoms with E-state index >= 15 is 0 Å². The normalized spacial score (nSPS) is 16.3. The fourth-order valence-corrected chi connectivity index (χ4v) is 3.35. The highest BCUT2D eigenvalue weighted by molar-refractivity contribution is 6.31. The second-order valence-electron chi connectivity index (χ2n) is 6.12. The van der Waals surface area contributed by atoms with Crippen molar-refractivity contribution < 1.29 is 4.79 Å². The fourth-order valence-electron chi connectivity index (χ4n) is 3.18. The van der Waals surface area contributed by atoms with E-state index in [2.05, 4.69) is 10.4 Å². The first-order chi connectivity index (χ1) is 11.1. The molecule has 0 bridgehead atoms. The van der Waals surface area contributed by atoms with Crippen molar-refractivity contribution in [1.29, 1.82) is 0 Å². The van der Waals surface area contributed by atoms with Gasteiger partial charge in [-0.05, 0) is 31.0 Å². The average Bonchev–Trinajstić information content (AvgIpc) is 2.79. The summed E-state index contributed by atoms with van der Waals surface area (Å²) in [5.74, 6) is -0.389. The number of aryl methyl sites for hydroxylation is 1. The SMILES string of the molecule is Cn1nc(C(=O)NC2CCCCCC2)c(=O)c2cc(Cl)ccc21. The van der Waals surface area contributed by atoms with Gasteiger partial charge >= 0.3 is 0 Å². The number of aromatic nitrogens is 2. The summed E-state index contributed by atoms with van der Waals surface area (Å²) >= 11 is 5.98. The lowest BCUT2D eigenvalue weighted by molar-refractivity contribution is 0.0925. The van der Waals surface area contributed by atoms with Crippen molar-refractivity contribution >= 4 is 28.4 Å². The number of carbonyl (C=O) groups excluding carboxylic acids is 1. The van der Waals surface area contributed by atoms with Gasteiger partial charge in [0.05, 0.1) is 10.9 Å². The van der Waals surface area contributed by atoms with Crippen LogP contribution in [0.5, 0.6) is 0 Å². The predicted octanol–water partition coefficient (Wildman–Crippen LogP) is 3.04. The molecule has 1 aliphatic rings. The molecule has 0 saturated heterocycles. The van der Waals surface area contributed by atoms with Crippen molar-refractivity contribution in [3.05, 3.63) is 39.1 Å². The van der Waals surface area contributed by atoms with Gasteiger partial charge in [0.15, 0.2) is 5.69 Å². The first kappa shape index (κ1) is 16.0. The summed E-state index contributed by atoms with van der Waals surface area (Å²) in [7, 11) is 1.72. The largest absolute Gasteiger partial charge is 0.348 e. The van der Waals surface area contributed by atoms with Gasteiger partial charge in [0, 0.05) is 18.1 Å². The van der Waals surface area contributed by atoms with E-state index in [9.17, 15) is 9.59 Å². The Labute approximate surface area is 139 Å². The van der Waals surface area contributed by atoms with Crippen LogP contribution in [0.4, 0.5) is 0 Å². The van der Waals surface area contributed by atoms with E-state index in [1.54, 1.807) is 29.9 Å². The van der Waals surface area contributed by atoms with Crippen LogP contribution in [0.3, 0.4) is 0 Å². The zero-order valence-corrected chi connectivity index (χ0v) is 13.9. The Morgan fingerprint density at radius 3 is 2.65 bits per heavy atom. The predicted molar refractivity (Wildman–Crippen MR) is 91.0 cm³/mol. The summed E-state index contributed by atoms with van der Waals surface area (Å²) in [5.41, 5.74) is 0.226. The molecule has 23 heavy (non-hydrogen) atoms. The molecule has 1 amide bonds. The third kappa shape index (κ3) is 3.39. The second-order valence-corrected chi connectivity index (χ2v) is 6.56. The molecule has 1 fully saturated rings. The number of hydrogen-bond acceptors (Lipinski definition) is 3. The molecule has 0 aliphatic heterocycles. The van der Waals surface area contributed by atoms with Gasteiger partial charge in [0.2, 0.25) is 5.43 Å². The summed E-state index contributed by atoms with van der Waals surface area (Å²) < 4.78 is 1.55. The lowest BCUT2D eigenvalue weighted by Crippen LogP contribution is -2.38. The summed E-state index contributed by atoms with van der Waals surface area (Å²) in [6.45, 7) is 0. The molecule has 1 N–H and O–H groups in total. The second kappa shape index (κ2) is 6.71. The highest BCUT2D eigenvalue weighted by Gasteiger charge is 2.20. The fraction of sp³-hybridized carbons (Fsp3) is 0.471. The Morgan fingerprint density at radius 1 is 1.26 bits per heavy atom. The minimum Gasteiger partial charge on any atom is -0.348 e. The Kier molecular flexibility index (Phi) is 4.66. The van der Waals surface area contributed by atoms with Crippen molar-refractivity contribution in [3.63, 3.8) is 0 Å². The van der Waals surface area contributed by atoms with E-state index in [1.807, 2.05) is 0 Å². The van der Waals surface area contributed by atoms with Crippen molar-refractivity contribution in [3.8, 4) is 0 Å². The molecule has 0 atom stereocenters. The van der Waals surface area contributed by atoms with Gasteiger partial charge in [0.25, 0.3) is 5.91 Å². The van der Waals surface area contributed by atoms with E-state index in [0.717, 1.165) is 25.7 Å². The molecule has 5 nitrogen and oxygen atoms in total. The van der Waals surface area contributed by atoms with E-state index in [4.69, 9.17) is 11.6 Å². The zero-order chi connectivity index (χ0) is 16.4. The van der Waals surface area contributed by atoms with Crippen LogP contribution in [0.25, 0.3) is 10.9 Å². The van der Waals surface area contributed by atoms with Crippen LogP contribution in [0.15, 0.2) is 23.0 Å². The molecule has 0 unspecified atom stereocenters. The Bertz CT molecular complexity index is 792. The third-order valence-corrected chi connectivity index (χ3v) is 4.66. The Balaban J connectivity index is 1.94. The zero-order valence-electron chi connectivity index (χ0n) is 13.1. The van der Waals surface area contributed by atoms with Crippen LogP contribution in [-0.4, -0.2) is 21.7 Å². The van der Waals surface area contributed by atoms with Gasteiger partial charge in [-0.3, -0.25) is 14.3 Å². The standard InChI is InChI=1S/C17H20ClN3O2/c1-21-14-9-8-11(18)10-13(14)16(22)15(20-21)17(23)19-12-6-4-2-3-5-7-12/h8-10,12H,2-7H2,1H3,(H,19,23). The van der Waals surface area contributed by atoms with Crippen LogP contribution < -0.4 is 10.7 Å². The monoisotopic (exact) mass is 333 g/mol. The van der Waals surface area contributed by atoms with Crippen LogP contribution in [0.1, 0.15) is 49.0 Å². The van der Waals surface area contributed by atoms with E-state index < -0.39 is 0 Å². The van der Waals surface area contributed by atoms with Gasteiger partial charge in [0.1, 0.15) is 0 Å². The molecule has 1 aromatic heterocycles. The highest BCUT2D eigenvalue weighted by atomic mass is 35.5. The number of halogens is 1. The summed E-state index contributed by atoms with van der Waals surface area (Å²) in [4.78, 5) is 25.1. The molecule has 1 heterocycles. The molecule has 1 aromatic carbocycles. The molecule has 0 radical (unpaired) electrons. The number of nitrogens with one attached hydrogen (secondary N) is 1. The first-order valence-electron chi connectivity index (χ1n) is 8.03. The van der Waals surface area contributed by atoms with Crippen molar-refractivity contribution in [2.24, 2.45) is 7.05 Å². The minimum absolute atomic E-state index is 0.0634. The number of fused-ring (bicyclic) bond motifs is 1. The number of benzene rings is 1. The molecule has 122 valence electrons. The van der Waals surface area contributed by atoms with Crippen molar-refractivity contribution in [1.82, 2.24) is 15.1 Å². The highest BCUT2D eigenvalue weighted by Crippen LogP contribution is 2.18. The molecule has 1 aliphatic carbocycles. The number of carbonyl (C=O) groups is 1. The quantitative estimate of drug-likeness (QED) is 0.859. The van der Waals surface area contributed by atoms with Crippen molar-refractivity contribution in [2.45, 2.75) is 44.6 Å². The molecule has 1 saturated carbocycles. The van der Waals surface area contributed by atoms with E-state index in [0.29, 0.717) is 15.9 Å². The molecule has 2 aromatic rings. The topological polar surface area (TPSA) is 64.0 Å². The minimum atomic E-state index is -0.389. The number of hydrogen-bond donors (Lipinski definition) is 1. The van der Waals surface area contributed by atoms with Gasteiger partial charge in [-0.2, -0.15) is 5.10 Å². The Morgan fingerprint density at radius 2 is 1.96 bits per heavy atom. The number of amides is 1. The van der Waals surface area contributed by atoms with Crippen LogP contribution in [-0.2, 0) is 7.05 Å². The Hall–Kier alpha value is -1.88. The van der Waals surface area contributed by atoms with Crippen LogP contribution >= 0.6 is 11.6 Å². The summed E-state index contributed by atoms with van der Waals surface area (Å²) in [6, 6.07) is 5.16. The summed E-state index contributed by atoms with van der Waals surface area (Å²) in [5, 5.41) is 8.03. The van der Waals surface area contributed by atoms with Crippen LogP contribution in [0, 0.1) is 0 Å². The average molecular weight is 334 g/mol. The maximum atomic E-state index is 12.6. The lowest BCUT2D eigenvalue weighted by Gasteiger charge is -2.16. The molecule has 3 rings (SSSR count). The number of rotatable bonds is 2. The molecular formula is C17H20ClN3O2. The molecular weight excluding hydrogens is 314 g/mol. The van der Waals surface area contributed by atoms with Gasteiger partial charge in [-0.15, -0.1) is 0 Å². The lowest BCUT2D eigenvalue weighted by atomic mass is 10.1. The maximum Gasteiger partial charge on any atom is 0.276 e.